The van der Waals surface area contributed by atoms with Crippen LogP contribution in [0.5, 0.6) is 0 Å². The lowest BCUT2D eigenvalue weighted by Crippen LogP contribution is -2.61. The number of rotatable bonds is 8. The largest absolute Gasteiger partial charge is 0.481 e. The van der Waals surface area contributed by atoms with Crippen LogP contribution in [0.25, 0.3) is 10.8 Å². The molecule has 2 amide bonds. The molecular weight excluding hydrogens is 430 g/mol. The fraction of sp³-hybridized carbons (Fsp3) is 0.333. The fourth-order valence-corrected chi connectivity index (χ4v) is 5.10. The zero-order valence-corrected chi connectivity index (χ0v) is 19.3. The molecule has 7 nitrogen and oxygen atoms in total. The van der Waals surface area contributed by atoms with Crippen LogP contribution in [0.3, 0.4) is 0 Å². The van der Waals surface area contributed by atoms with E-state index in [2.05, 4.69) is 4.98 Å². The Hall–Kier alpha value is -3.74. The lowest BCUT2D eigenvalue weighted by Gasteiger charge is -2.49. The molecule has 3 aromatic rings. The number of carboxylic acid groups (broad SMARTS) is 1. The highest BCUT2D eigenvalue weighted by molar-refractivity contribution is 5.89. The molecule has 0 aliphatic carbocycles. The van der Waals surface area contributed by atoms with Gasteiger partial charge in [-0.2, -0.15) is 0 Å². The Morgan fingerprint density at radius 1 is 1.06 bits per heavy atom. The van der Waals surface area contributed by atoms with Crippen LogP contribution in [0.1, 0.15) is 50.2 Å². The predicted octanol–water partition coefficient (Wildman–Crippen LogP) is 4.31. The average Bonchev–Trinajstić information content (AvgIpc) is 2.83. The van der Waals surface area contributed by atoms with E-state index in [1.807, 2.05) is 54.6 Å². The van der Waals surface area contributed by atoms with Gasteiger partial charge in [-0.05, 0) is 59.7 Å². The maximum absolute atomic E-state index is 13.3. The Morgan fingerprint density at radius 2 is 1.79 bits per heavy atom. The van der Waals surface area contributed by atoms with Gasteiger partial charge in [-0.15, -0.1) is 0 Å². The number of piperidine rings is 1. The van der Waals surface area contributed by atoms with Gasteiger partial charge in [0.1, 0.15) is 5.54 Å². The van der Waals surface area contributed by atoms with Crippen molar-refractivity contribution in [2.75, 3.05) is 6.54 Å². The zero-order chi connectivity index (χ0) is 24.1. The summed E-state index contributed by atoms with van der Waals surface area (Å²) in [7, 11) is 0. The van der Waals surface area contributed by atoms with Crippen molar-refractivity contribution in [3.05, 3.63) is 78.1 Å². The van der Waals surface area contributed by atoms with Crippen LogP contribution in [0.4, 0.5) is 0 Å². The lowest BCUT2D eigenvalue weighted by atomic mass is 9.78. The molecule has 0 radical (unpaired) electrons. The number of hydrogen-bond donors (Lipinski definition) is 1. The third-order valence-electron chi connectivity index (χ3n) is 6.55. The number of aromatic nitrogens is 1. The normalized spacial score (nSPS) is 15.7. The van der Waals surface area contributed by atoms with E-state index in [4.69, 9.17) is 0 Å². The maximum Gasteiger partial charge on any atom is 0.306 e. The molecule has 2 aromatic carbocycles. The molecular formula is C27H29N3O4. The minimum absolute atomic E-state index is 0.152. The topological polar surface area (TPSA) is 90.8 Å². The van der Waals surface area contributed by atoms with E-state index in [1.54, 1.807) is 12.4 Å². The summed E-state index contributed by atoms with van der Waals surface area (Å²) < 4.78 is 0. The van der Waals surface area contributed by atoms with Gasteiger partial charge >= 0.3 is 5.97 Å². The molecule has 7 heteroatoms. The van der Waals surface area contributed by atoms with Crippen molar-refractivity contribution in [2.24, 2.45) is 0 Å². The third-order valence-corrected chi connectivity index (χ3v) is 6.55. The molecule has 1 atom stereocenters. The van der Waals surface area contributed by atoms with Gasteiger partial charge in [0, 0.05) is 32.3 Å². The second-order valence-electron chi connectivity index (χ2n) is 8.79. The van der Waals surface area contributed by atoms with Crippen molar-refractivity contribution >= 4 is 28.6 Å². The van der Waals surface area contributed by atoms with Gasteiger partial charge in [-0.25, -0.2) is 5.01 Å². The number of aryl methyl sites for hydroxylation is 1. The predicted molar refractivity (Wildman–Crippen MR) is 129 cm³/mol. The number of hydrogen-bond acceptors (Lipinski definition) is 4. The number of pyridine rings is 1. The maximum atomic E-state index is 13.3. The molecule has 1 aliphatic heterocycles. The minimum Gasteiger partial charge on any atom is -0.481 e. The first-order chi connectivity index (χ1) is 16.4. The molecule has 1 fully saturated rings. The first-order valence-electron chi connectivity index (χ1n) is 11.6. The monoisotopic (exact) mass is 459 g/mol. The third kappa shape index (κ3) is 4.64. The molecule has 0 saturated carbocycles. The Kier molecular flexibility index (Phi) is 6.91. The molecule has 1 aliphatic rings. The van der Waals surface area contributed by atoms with Gasteiger partial charge in [0.2, 0.25) is 11.8 Å². The van der Waals surface area contributed by atoms with E-state index in [-0.39, 0.29) is 18.2 Å². The van der Waals surface area contributed by atoms with Crippen molar-refractivity contribution < 1.29 is 19.5 Å². The van der Waals surface area contributed by atoms with Crippen LogP contribution in [0.2, 0.25) is 0 Å². The van der Waals surface area contributed by atoms with E-state index < -0.39 is 11.5 Å². The van der Waals surface area contributed by atoms with E-state index in [0.717, 1.165) is 34.7 Å². The van der Waals surface area contributed by atoms with E-state index >= 15 is 0 Å². The summed E-state index contributed by atoms with van der Waals surface area (Å²) in [5.74, 6) is -1.53. The Balaban J connectivity index is 1.95. The first kappa shape index (κ1) is 23.4. The summed E-state index contributed by atoms with van der Waals surface area (Å²) in [6, 6.07) is 17.3. The first-order valence-corrected chi connectivity index (χ1v) is 11.6. The molecule has 4 rings (SSSR count). The molecule has 0 spiro atoms. The number of benzene rings is 2. The molecule has 176 valence electrons. The summed E-state index contributed by atoms with van der Waals surface area (Å²) in [5, 5.41) is 14.9. The molecule has 1 aromatic heterocycles. The number of carbonyl (C=O) groups is 3. The summed E-state index contributed by atoms with van der Waals surface area (Å²) in [6.07, 6.45) is 5.79. The summed E-state index contributed by atoms with van der Waals surface area (Å²) in [4.78, 5) is 42.7. The van der Waals surface area contributed by atoms with Crippen LogP contribution in [0, 0.1) is 0 Å². The van der Waals surface area contributed by atoms with Crippen molar-refractivity contribution in [3.8, 4) is 0 Å². The SMILES string of the molecule is CC(=O)N(N1CCCCC1=O)[C@](CCc1ccncc1)(CC(=O)O)c1cccc2ccccc12. The smallest absolute Gasteiger partial charge is 0.306 e. The van der Waals surface area contributed by atoms with Crippen molar-refractivity contribution in [1.82, 2.24) is 15.0 Å². The van der Waals surface area contributed by atoms with E-state index in [0.29, 0.717) is 25.8 Å². The second kappa shape index (κ2) is 10.0. The summed E-state index contributed by atoms with van der Waals surface area (Å²) in [5.41, 5.74) is 0.462. The highest BCUT2D eigenvalue weighted by atomic mass is 16.4. The van der Waals surface area contributed by atoms with Gasteiger partial charge in [-0.1, -0.05) is 42.5 Å². The Bertz CT molecular complexity index is 1190. The number of aliphatic carboxylic acids is 1. The number of carboxylic acids is 1. The Labute approximate surface area is 199 Å². The number of carbonyl (C=O) groups excluding carboxylic acids is 2. The van der Waals surface area contributed by atoms with E-state index in [9.17, 15) is 19.5 Å². The quantitative estimate of drug-likeness (QED) is 0.542. The van der Waals surface area contributed by atoms with Crippen molar-refractivity contribution in [3.63, 3.8) is 0 Å². The van der Waals surface area contributed by atoms with Gasteiger partial charge in [0.15, 0.2) is 0 Å². The number of hydrazine groups is 1. The summed E-state index contributed by atoms with van der Waals surface area (Å²) in [6.45, 7) is 1.80. The van der Waals surface area contributed by atoms with Crippen LogP contribution in [0.15, 0.2) is 67.0 Å². The number of fused-ring (bicyclic) bond motifs is 1. The minimum atomic E-state index is -1.26. The van der Waals surface area contributed by atoms with Crippen LogP contribution in [-0.4, -0.2) is 44.4 Å². The standard InChI is InChI=1S/C27H29N3O4/c1-20(31)30(29-18-5-4-11-25(29)32)27(19-26(33)34,15-12-21-13-16-28-17-14-21)24-10-6-8-22-7-2-3-9-23(22)24/h2-3,6-10,13-14,16-17H,4-5,11-12,15,18-19H2,1H3,(H,33,34)/t27-/m1/s1. The zero-order valence-electron chi connectivity index (χ0n) is 19.3. The fourth-order valence-electron chi connectivity index (χ4n) is 5.10. The highest BCUT2D eigenvalue weighted by Crippen LogP contribution is 2.42. The second-order valence-corrected chi connectivity index (χ2v) is 8.79. The summed E-state index contributed by atoms with van der Waals surface area (Å²) >= 11 is 0. The highest BCUT2D eigenvalue weighted by Gasteiger charge is 2.47. The number of amides is 2. The molecule has 34 heavy (non-hydrogen) atoms. The average molecular weight is 460 g/mol. The molecule has 2 heterocycles. The number of nitrogens with zero attached hydrogens (tertiary/aromatic N) is 3. The molecule has 1 saturated heterocycles. The van der Waals surface area contributed by atoms with Gasteiger partial charge in [0.05, 0.1) is 6.42 Å². The van der Waals surface area contributed by atoms with Crippen molar-refractivity contribution in [1.29, 1.82) is 0 Å². The van der Waals surface area contributed by atoms with E-state index in [1.165, 1.54) is 16.9 Å². The lowest BCUT2D eigenvalue weighted by molar-refractivity contribution is -0.186. The van der Waals surface area contributed by atoms with Gasteiger partial charge < -0.3 is 5.11 Å². The van der Waals surface area contributed by atoms with Crippen LogP contribution in [-0.2, 0) is 26.3 Å². The Morgan fingerprint density at radius 3 is 2.50 bits per heavy atom. The van der Waals surface area contributed by atoms with Crippen molar-refractivity contribution in [2.45, 2.75) is 51.0 Å². The van der Waals surface area contributed by atoms with Gasteiger partial charge in [-0.3, -0.25) is 24.4 Å². The molecule has 0 bridgehead atoms. The van der Waals surface area contributed by atoms with Gasteiger partial charge in [0.25, 0.3) is 0 Å². The van der Waals surface area contributed by atoms with Crippen LogP contribution < -0.4 is 0 Å². The van der Waals surface area contributed by atoms with Crippen LogP contribution >= 0.6 is 0 Å². The molecule has 1 N–H and O–H groups in total. The molecule has 0 unspecified atom stereocenters.